The minimum absolute atomic E-state index is 0.0273. The van der Waals surface area contributed by atoms with Crippen molar-refractivity contribution in [1.29, 1.82) is 0 Å². The predicted molar refractivity (Wildman–Crippen MR) is 30.1 cm³/mol. The van der Waals surface area contributed by atoms with E-state index in [1.54, 1.807) is 0 Å². The monoisotopic (exact) mass is 110 g/mol. The van der Waals surface area contributed by atoms with Gasteiger partial charge in [0.05, 0.1) is 6.61 Å². The molecular formula is C6H8NO. The summed E-state index contributed by atoms with van der Waals surface area (Å²) in [6, 6.07) is 3.81. The summed E-state index contributed by atoms with van der Waals surface area (Å²) in [6.45, 7) is -0.0273. The number of hydrogen-bond donors (Lipinski definition) is 1. The first-order valence-electron chi connectivity index (χ1n) is 2.64. The highest BCUT2D eigenvalue weighted by atomic mass is 16.3. The molecular weight excluding hydrogens is 102 g/mol. The Labute approximate surface area is 48.2 Å². The summed E-state index contributed by atoms with van der Waals surface area (Å²) in [4.78, 5) is 2.94. The van der Waals surface area contributed by atoms with Crippen molar-refractivity contribution in [3.05, 3.63) is 24.0 Å². The molecule has 2 nitrogen and oxygen atoms in total. The summed E-state index contributed by atoms with van der Waals surface area (Å²) in [5, 5.41) is 9.98. The molecule has 1 N–H and O–H groups in total. The molecule has 8 heavy (non-hydrogen) atoms. The van der Waals surface area contributed by atoms with Crippen LogP contribution in [0.2, 0.25) is 0 Å². The summed E-state index contributed by atoms with van der Waals surface area (Å²) in [6.07, 6.45) is 2.44. The van der Waals surface area contributed by atoms with Gasteiger partial charge in [0.2, 0.25) is 0 Å². The third-order valence-corrected chi connectivity index (χ3v) is 1.03. The van der Waals surface area contributed by atoms with Crippen molar-refractivity contribution >= 4 is 0 Å². The Bertz CT molecular complexity index is 134. The normalized spacial score (nSPS) is 9.62. The van der Waals surface area contributed by atoms with Crippen LogP contribution in [-0.4, -0.2) is 11.6 Å². The molecule has 0 aliphatic carbocycles. The van der Waals surface area contributed by atoms with E-state index in [0.717, 1.165) is 5.69 Å². The van der Waals surface area contributed by atoms with Crippen molar-refractivity contribution in [2.75, 3.05) is 6.61 Å². The lowest BCUT2D eigenvalue weighted by atomic mass is 10.3. The SMILES string of the molecule is [O]CCc1ccc[nH]1. The van der Waals surface area contributed by atoms with Crippen molar-refractivity contribution < 1.29 is 5.11 Å². The first-order chi connectivity index (χ1) is 3.93. The Morgan fingerprint density at radius 2 is 2.50 bits per heavy atom. The highest BCUT2D eigenvalue weighted by Gasteiger charge is 1.87. The Morgan fingerprint density at radius 1 is 1.62 bits per heavy atom. The van der Waals surface area contributed by atoms with E-state index in [4.69, 9.17) is 0 Å². The summed E-state index contributed by atoms with van der Waals surface area (Å²) < 4.78 is 0. The molecule has 0 atom stereocenters. The summed E-state index contributed by atoms with van der Waals surface area (Å²) in [7, 11) is 0. The second-order valence-electron chi connectivity index (χ2n) is 1.65. The molecule has 2 heteroatoms. The molecule has 0 amide bonds. The maximum absolute atomic E-state index is 9.98. The van der Waals surface area contributed by atoms with E-state index in [2.05, 4.69) is 4.98 Å². The van der Waals surface area contributed by atoms with Gasteiger partial charge in [-0.25, -0.2) is 5.11 Å². The smallest absolute Gasteiger partial charge is 0.0876 e. The van der Waals surface area contributed by atoms with Crippen LogP contribution in [0.1, 0.15) is 5.69 Å². The maximum Gasteiger partial charge on any atom is 0.0876 e. The molecule has 0 saturated heterocycles. The zero-order valence-corrected chi connectivity index (χ0v) is 4.55. The third-order valence-electron chi connectivity index (χ3n) is 1.03. The highest BCUT2D eigenvalue weighted by molar-refractivity contribution is 5.03. The van der Waals surface area contributed by atoms with Gasteiger partial charge in [-0.1, -0.05) is 0 Å². The average molecular weight is 110 g/mol. The second kappa shape index (κ2) is 2.52. The van der Waals surface area contributed by atoms with Gasteiger partial charge in [-0.3, -0.25) is 0 Å². The predicted octanol–water partition coefficient (Wildman–Crippen LogP) is 0.988. The van der Waals surface area contributed by atoms with Gasteiger partial charge in [-0.15, -0.1) is 0 Å². The van der Waals surface area contributed by atoms with Gasteiger partial charge < -0.3 is 4.98 Å². The molecule has 1 aromatic heterocycles. The molecule has 0 saturated carbocycles. The molecule has 1 rings (SSSR count). The molecule has 43 valence electrons. The van der Waals surface area contributed by atoms with Crippen LogP contribution in [0.25, 0.3) is 0 Å². The summed E-state index contributed by atoms with van der Waals surface area (Å²) in [5.41, 5.74) is 1.03. The number of rotatable bonds is 2. The summed E-state index contributed by atoms with van der Waals surface area (Å²) in [5.74, 6) is 0. The Kier molecular flexibility index (Phi) is 1.70. The standard InChI is InChI=1S/C6H8NO/c8-5-3-6-2-1-4-7-6/h1-2,4,7H,3,5H2. The largest absolute Gasteiger partial charge is 0.365 e. The molecule has 1 heterocycles. The van der Waals surface area contributed by atoms with E-state index in [9.17, 15) is 5.11 Å². The Morgan fingerprint density at radius 3 is 3.00 bits per heavy atom. The van der Waals surface area contributed by atoms with Gasteiger partial charge >= 0.3 is 0 Å². The van der Waals surface area contributed by atoms with Crippen LogP contribution < -0.4 is 0 Å². The Hall–Kier alpha value is -0.760. The van der Waals surface area contributed by atoms with Crippen LogP contribution in [-0.2, 0) is 11.5 Å². The zero-order valence-electron chi connectivity index (χ0n) is 4.55. The van der Waals surface area contributed by atoms with E-state index in [1.165, 1.54) is 0 Å². The van der Waals surface area contributed by atoms with Crippen molar-refractivity contribution in [2.45, 2.75) is 6.42 Å². The minimum atomic E-state index is -0.0273. The number of H-pyrrole nitrogens is 1. The minimum Gasteiger partial charge on any atom is -0.365 e. The van der Waals surface area contributed by atoms with E-state index >= 15 is 0 Å². The lowest BCUT2D eigenvalue weighted by molar-refractivity contribution is 0.196. The van der Waals surface area contributed by atoms with Crippen molar-refractivity contribution in [3.63, 3.8) is 0 Å². The van der Waals surface area contributed by atoms with Crippen LogP contribution in [0.5, 0.6) is 0 Å². The number of aromatic amines is 1. The quantitative estimate of drug-likeness (QED) is 0.589. The molecule has 1 radical (unpaired) electrons. The van der Waals surface area contributed by atoms with Crippen LogP contribution in [0.3, 0.4) is 0 Å². The van der Waals surface area contributed by atoms with E-state index < -0.39 is 0 Å². The van der Waals surface area contributed by atoms with E-state index in [0.29, 0.717) is 6.42 Å². The number of aromatic nitrogens is 1. The van der Waals surface area contributed by atoms with Crippen LogP contribution in [0.4, 0.5) is 0 Å². The van der Waals surface area contributed by atoms with Gasteiger partial charge in [-0.2, -0.15) is 0 Å². The van der Waals surface area contributed by atoms with Crippen LogP contribution in [0.15, 0.2) is 18.3 Å². The second-order valence-corrected chi connectivity index (χ2v) is 1.65. The average Bonchev–Trinajstić information content (AvgIpc) is 2.19. The molecule has 0 fully saturated rings. The van der Waals surface area contributed by atoms with E-state index in [1.807, 2.05) is 18.3 Å². The molecule has 0 spiro atoms. The highest BCUT2D eigenvalue weighted by Crippen LogP contribution is 1.93. The van der Waals surface area contributed by atoms with E-state index in [-0.39, 0.29) is 6.61 Å². The number of nitrogens with one attached hydrogen (secondary N) is 1. The van der Waals surface area contributed by atoms with Gasteiger partial charge in [0.1, 0.15) is 0 Å². The van der Waals surface area contributed by atoms with Crippen LogP contribution in [0, 0.1) is 0 Å². The first-order valence-corrected chi connectivity index (χ1v) is 2.64. The fourth-order valence-electron chi connectivity index (χ4n) is 0.633. The molecule has 1 aromatic rings. The van der Waals surface area contributed by atoms with Gasteiger partial charge in [0.25, 0.3) is 0 Å². The van der Waals surface area contributed by atoms with Crippen molar-refractivity contribution in [3.8, 4) is 0 Å². The fraction of sp³-hybridized carbons (Fsp3) is 0.333. The lowest BCUT2D eigenvalue weighted by Crippen LogP contribution is -1.87. The molecule has 0 aliphatic rings. The lowest BCUT2D eigenvalue weighted by Gasteiger charge is -1.85. The maximum atomic E-state index is 9.98. The molecule has 0 bridgehead atoms. The third kappa shape index (κ3) is 1.10. The zero-order chi connectivity index (χ0) is 5.82. The van der Waals surface area contributed by atoms with Gasteiger partial charge in [-0.05, 0) is 12.1 Å². The number of hydrogen-bond acceptors (Lipinski definition) is 0. The molecule has 0 aliphatic heterocycles. The van der Waals surface area contributed by atoms with Crippen LogP contribution >= 0.6 is 0 Å². The van der Waals surface area contributed by atoms with Gasteiger partial charge in [0, 0.05) is 18.3 Å². The van der Waals surface area contributed by atoms with Gasteiger partial charge in [0.15, 0.2) is 0 Å². The van der Waals surface area contributed by atoms with Crippen molar-refractivity contribution in [1.82, 2.24) is 4.98 Å². The first kappa shape index (κ1) is 5.38. The molecule has 0 unspecified atom stereocenters. The fourth-order valence-corrected chi connectivity index (χ4v) is 0.633. The summed E-state index contributed by atoms with van der Waals surface area (Å²) >= 11 is 0. The topological polar surface area (TPSA) is 35.7 Å². The Balaban J connectivity index is 2.50. The molecule has 0 aromatic carbocycles. The van der Waals surface area contributed by atoms with Crippen molar-refractivity contribution in [2.24, 2.45) is 0 Å².